The lowest BCUT2D eigenvalue weighted by atomic mass is 10.1. The van der Waals surface area contributed by atoms with Crippen LogP contribution in [0.2, 0.25) is 0 Å². The van der Waals surface area contributed by atoms with Crippen LogP contribution in [0.4, 0.5) is 5.82 Å². The first-order valence-electron chi connectivity index (χ1n) is 7.07. The minimum atomic E-state index is -0.138. The third-order valence-corrected chi connectivity index (χ3v) is 3.89. The second kappa shape index (κ2) is 4.86. The first kappa shape index (κ1) is 12.3. The minimum Gasteiger partial charge on any atom is -0.378 e. The molecule has 3 aromatic rings. The Kier molecular flexibility index (Phi) is 2.86. The number of nitrogens with one attached hydrogen (secondary N) is 1. The number of morpholine rings is 1. The number of anilines is 1. The molecular formula is C16H15N3O2. The molecule has 0 saturated carbocycles. The molecule has 0 spiro atoms. The summed E-state index contributed by atoms with van der Waals surface area (Å²) in [6, 6.07) is 12.0. The van der Waals surface area contributed by atoms with E-state index in [1.54, 1.807) is 0 Å². The summed E-state index contributed by atoms with van der Waals surface area (Å²) in [5.74, 6) is 0.487. The van der Waals surface area contributed by atoms with Crippen molar-refractivity contribution >= 4 is 27.6 Å². The van der Waals surface area contributed by atoms with Gasteiger partial charge in [0.25, 0.3) is 5.56 Å². The van der Waals surface area contributed by atoms with Crippen molar-refractivity contribution in [1.29, 1.82) is 0 Å². The van der Waals surface area contributed by atoms with Crippen molar-refractivity contribution in [3.8, 4) is 0 Å². The summed E-state index contributed by atoms with van der Waals surface area (Å²) in [7, 11) is 0. The van der Waals surface area contributed by atoms with E-state index in [1.807, 2.05) is 41.3 Å². The number of H-pyrrole nitrogens is 1. The van der Waals surface area contributed by atoms with Crippen LogP contribution in [0, 0.1) is 0 Å². The van der Waals surface area contributed by atoms with Crippen LogP contribution >= 0.6 is 0 Å². The van der Waals surface area contributed by atoms with Gasteiger partial charge in [-0.15, -0.1) is 0 Å². The van der Waals surface area contributed by atoms with E-state index >= 15 is 0 Å². The highest BCUT2D eigenvalue weighted by atomic mass is 16.5. The molecule has 0 unspecified atom stereocenters. The fraction of sp³-hybridized carbons (Fsp3) is 0.250. The van der Waals surface area contributed by atoms with Gasteiger partial charge >= 0.3 is 0 Å². The molecule has 0 bridgehead atoms. The van der Waals surface area contributed by atoms with Gasteiger partial charge in [0.05, 0.1) is 24.2 Å². The number of fused-ring (bicyclic) bond motifs is 3. The standard InChI is InChI=1S/C16H15N3O2/c20-16-15(19-7-9-21-10-8-19)17-13-6-5-11-3-1-2-4-12(11)14(13)18-16/h1-6H,7-10H2,(H,18,20). The Labute approximate surface area is 121 Å². The van der Waals surface area contributed by atoms with Gasteiger partial charge in [0.15, 0.2) is 5.82 Å². The van der Waals surface area contributed by atoms with Crippen LogP contribution in [-0.2, 0) is 4.74 Å². The Hall–Kier alpha value is -2.40. The quantitative estimate of drug-likeness (QED) is 0.692. The van der Waals surface area contributed by atoms with Gasteiger partial charge in [0.1, 0.15) is 0 Å². The number of hydrogen-bond acceptors (Lipinski definition) is 4. The monoisotopic (exact) mass is 281 g/mol. The lowest BCUT2D eigenvalue weighted by Gasteiger charge is -2.27. The van der Waals surface area contributed by atoms with Gasteiger partial charge < -0.3 is 14.6 Å². The molecule has 21 heavy (non-hydrogen) atoms. The number of rotatable bonds is 1. The smallest absolute Gasteiger partial charge is 0.291 e. The van der Waals surface area contributed by atoms with E-state index in [4.69, 9.17) is 4.74 Å². The molecule has 1 aromatic heterocycles. The molecule has 5 nitrogen and oxygen atoms in total. The van der Waals surface area contributed by atoms with Crippen molar-refractivity contribution in [3.05, 3.63) is 46.8 Å². The van der Waals surface area contributed by atoms with E-state index < -0.39 is 0 Å². The fourth-order valence-electron chi connectivity index (χ4n) is 2.81. The number of aromatic amines is 1. The van der Waals surface area contributed by atoms with Gasteiger partial charge in [-0.05, 0) is 11.5 Å². The van der Waals surface area contributed by atoms with Crippen LogP contribution in [0.15, 0.2) is 41.2 Å². The van der Waals surface area contributed by atoms with Gasteiger partial charge in [0.2, 0.25) is 0 Å². The first-order valence-corrected chi connectivity index (χ1v) is 7.07. The third-order valence-electron chi connectivity index (χ3n) is 3.89. The lowest BCUT2D eigenvalue weighted by molar-refractivity contribution is 0.122. The third kappa shape index (κ3) is 2.06. The number of hydrogen-bond donors (Lipinski definition) is 1. The van der Waals surface area contributed by atoms with Gasteiger partial charge in [-0.1, -0.05) is 30.3 Å². The Bertz CT molecular complexity index is 866. The summed E-state index contributed by atoms with van der Waals surface area (Å²) in [6.45, 7) is 2.68. The second-order valence-electron chi connectivity index (χ2n) is 5.17. The predicted molar refractivity (Wildman–Crippen MR) is 82.9 cm³/mol. The van der Waals surface area contributed by atoms with E-state index in [1.165, 1.54) is 0 Å². The molecule has 0 atom stereocenters. The Morgan fingerprint density at radius 3 is 2.76 bits per heavy atom. The molecule has 0 radical (unpaired) electrons. The molecule has 2 heterocycles. The number of aromatic nitrogens is 2. The van der Waals surface area contributed by atoms with Crippen LogP contribution in [0.5, 0.6) is 0 Å². The summed E-state index contributed by atoms with van der Waals surface area (Å²) in [5.41, 5.74) is 1.48. The average molecular weight is 281 g/mol. The van der Waals surface area contributed by atoms with E-state index in [-0.39, 0.29) is 5.56 Å². The molecule has 2 aromatic carbocycles. The van der Waals surface area contributed by atoms with Crippen molar-refractivity contribution in [2.24, 2.45) is 0 Å². The largest absolute Gasteiger partial charge is 0.378 e. The Balaban J connectivity index is 1.94. The van der Waals surface area contributed by atoms with Crippen molar-refractivity contribution in [2.45, 2.75) is 0 Å². The molecule has 0 amide bonds. The topological polar surface area (TPSA) is 58.2 Å². The normalized spacial score (nSPS) is 15.7. The number of benzene rings is 2. The van der Waals surface area contributed by atoms with Crippen molar-refractivity contribution < 1.29 is 4.74 Å². The zero-order valence-electron chi connectivity index (χ0n) is 11.5. The molecule has 1 aliphatic heterocycles. The zero-order chi connectivity index (χ0) is 14.2. The van der Waals surface area contributed by atoms with Crippen molar-refractivity contribution in [2.75, 3.05) is 31.2 Å². The van der Waals surface area contributed by atoms with Crippen LogP contribution in [-0.4, -0.2) is 36.3 Å². The summed E-state index contributed by atoms with van der Waals surface area (Å²) >= 11 is 0. The lowest BCUT2D eigenvalue weighted by Crippen LogP contribution is -2.40. The van der Waals surface area contributed by atoms with Crippen LogP contribution < -0.4 is 10.5 Å². The first-order chi connectivity index (χ1) is 10.3. The number of nitrogens with zero attached hydrogens (tertiary/aromatic N) is 2. The predicted octanol–water partition coefficient (Wildman–Crippen LogP) is 1.91. The molecule has 1 saturated heterocycles. The maximum Gasteiger partial charge on any atom is 0.291 e. The highest BCUT2D eigenvalue weighted by molar-refractivity contribution is 6.03. The molecule has 106 valence electrons. The highest BCUT2D eigenvalue weighted by Gasteiger charge is 2.17. The van der Waals surface area contributed by atoms with E-state index in [2.05, 4.69) is 9.97 Å². The van der Waals surface area contributed by atoms with E-state index in [9.17, 15) is 4.79 Å². The van der Waals surface area contributed by atoms with Gasteiger partial charge in [-0.25, -0.2) is 4.98 Å². The fourth-order valence-corrected chi connectivity index (χ4v) is 2.81. The summed E-state index contributed by atoms with van der Waals surface area (Å²) in [5, 5.41) is 2.12. The maximum atomic E-state index is 12.4. The maximum absolute atomic E-state index is 12.4. The Morgan fingerprint density at radius 2 is 1.90 bits per heavy atom. The van der Waals surface area contributed by atoms with Crippen LogP contribution in [0.3, 0.4) is 0 Å². The van der Waals surface area contributed by atoms with E-state index in [0.29, 0.717) is 32.1 Å². The van der Waals surface area contributed by atoms with Crippen LogP contribution in [0.1, 0.15) is 0 Å². The SMILES string of the molecule is O=c1[nH]c2c(ccc3ccccc32)nc1N1CCOCC1. The van der Waals surface area contributed by atoms with Gasteiger partial charge in [0, 0.05) is 18.5 Å². The molecule has 4 rings (SSSR count). The summed E-state index contributed by atoms with van der Waals surface area (Å²) in [6.07, 6.45) is 0. The van der Waals surface area contributed by atoms with Crippen molar-refractivity contribution in [1.82, 2.24) is 9.97 Å². The Morgan fingerprint density at radius 1 is 1.10 bits per heavy atom. The van der Waals surface area contributed by atoms with Crippen molar-refractivity contribution in [3.63, 3.8) is 0 Å². The van der Waals surface area contributed by atoms with Gasteiger partial charge in [-0.2, -0.15) is 0 Å². The second-order valence-corrected chi connectivity index (χ2v) is 5.17. The molecule has 5 heteroatoms. The molecule has 0 aliphatic carbocycles. The highest BCUT2D eigenvalue weighted by Crippen LogP contribution is 2.22. The minimum absolute atomic E-state index is 0.138. The average Bonchev–Trinajstić information content (AvgIpc) is 2.55. The summed E-state index contributed by atoms with van der Waals surface area (Å²) < 4.78 is 5.32. The molecule has 1 N–H and O–H groups in total. The molecular weight excluding hydrogens is 266 g/mol. The van der Waals surface area contributed by atoms with E-state index in [0.717, 1.165) is 21.8 Å². The summed E-state index contributed by atoms with van der Waals surface area (Å²) in [4.78, 5) is 21.9. The zero-order valence-corrected chi connectivity index (χ0v) is 11.5. The number of ether oxygens (including phenoxy) is 1. The molecule has 1 aliphatic rings. The molecule has 1 fully saturated rings. The van der Waals surface area contributed by atoms with Crippen LogP contribution in [0.25, 0.3) is 21.8 Å². The van der Waals surface area contributed by atoms with Gasteiger partial charge in [-0.3, -0.25) is 4.79 Å².